The molecule has 0 N–H and O–H groups in total. The lowest BCUT2D eigenvalue weighted by Crippen LogP contribution is -2.09. The molecule has 15 aromatic rings. The quantitative estimate of drug-likeness (QED) is 0.153. The number of hydrogen-bond donors (Lipinski definition) is 0. The molecule has 4 nitrogen and oxygen atoms in total. The predicted molar refractivity (Wildman–Crippen MR) is 314 cm³/mol. The number of para-hydroxylation sites is 1. The van der Waals surface area contributed by atoms with Crippen LogP contribution in [0.4, 0.5) is 5.69 Å². The molecule has 0 radical (unpaired) electrons. The van der Waals surface area contributed by atoms with Gasteiger partial charge in [-0.1, -0.05) is 200 Å². The van der Waals surface area contributed by atoms with Crippen LogP contribution in [0.5, 0.6) is 0 Å². The summed E-state index contributed by atoms with van der Waals surface area (Å²) in [6, 6.07) is 84.5. The fourth-order valence-corrected chi connectivity index (χ4v) is 14.2. The van der Waals surface area contributed by atoms with E-state index in [1.807, 2.05) is 42.5 Å². The second-order valence-electron chi connectivity index (χ2n) is 18.9. The normalized spacial score (nSPS) is 11.8. The van der Waals surface area contributed by atoms with Gasteiger partial charge in [0.1, 0.15) is 6.07 Å². The van der Waals surface area contributed by atoms with E-state index in [2.05, 4.69) is 208 Å². The summed E-state index contributed by atoms with van der Waals surface area (Å²) in [5.41, 5.74) is 14.0. The van der Waals surface area contributed by atoms with Crippen LogP contribution in [-0.2, 0) is 0 Å². The lowest BCUT2D eigenvalue weighted by Gasteiger charge is -2.26. The number of benzene rings is 11. The third kappa shape index (κ3) is 6.11. The van der Waals surface area contributed by atoms with Gasteiger partial charge in [0.2, 0.25) is 5.69 Å². The molecule has 11 aromatic carbocycles. The van der Waals surface area contributed by atoms with Crippen molar-refractivity contribution in [1.82, 2.24) is 9.13 Å². The molecule has 4 aromatic heterocycles. The van der Waals surface area contributed by atoms with Crippen molar-refractivity contribution in [3.63, 3.8) is 0 Å². The first-order chi connectivity index (χ1) is 36.7. The number of nitriles is 1. The highest BCUT2D eigenvalue weighted by molar-refractivity contribution is 7.27. The van der Waals surface area contributed by atoms with Gasteiger partial charge >= 0.3 is 0 Å². The molecule has 0 saturated carbocycles. The number of rotatable bonds is 6. The average molecular weight is 975 g/mol. The number of fused-ring (bicyclic) bond motifs is 14. The number of aromatic nitrogens is 2. The van der Waals surface area contributed by atoms with E-state index in [0.29, 0.717) is 16.8 Å². The number of hydrogen-bond acceptors (Lipinski definition) is 3. The SMILES string of the molecule is [C-]#[N+]c1c(-c2ccccc2)c(C#N)c(-n2c3c(ccc4c5ccccc5sc43)c3ccc4c5cc(-c6ccccc6)ccc5sc4c32)c(-c2ccccc2)c1-n1c2ccccc2c2ccc(-c3ccccc3)cc21. The molecule has 0 spiro atoms. The summed E-state index contributed by atoms with van der Waals surface area (Å²) >= 11 is 3.60. The van der Waals surface area contributed by atoms with Crippen molar-refractivity contribution in [3.8, 4) is 62.0 Å². The molecule has 0 unspecified atom stereocenters. The van der Waals surface area contributed by atoms with Gasteiger partial charge in [0.15, 0.2) is 0 Å². The van der Waals surface area contributed by atoms with Crippen LogP contribution < -0.4 is 0 Å². The highest BCUT2D eigenvalue weighted by Gasteiger charge is 2.33. The molecular formula is C68H38N4S2. The third-order valence-corrected chi connectivity index (χ3v) is 17.4. The van der Waals surface area contributed by atoms with Gasteiger partial charge in [-0.15, -0.1) is 22.7 Å². The summed E-state index contributed by atoms with van der Waals surface area (Å²) in [6.07, 6.45) is 0. The highest BCUT2D eigenvalue weighted by atomic mass is 32.1. The fraction of sp³-hybridized carbons (Fsp3) is 0. The van der Waals surface area contributed by atoms with Crippen LogP contribution in [-0.4, -0.2) is 9.13 Å². The van der Waals surface area contributed by atoms with E-state index in [9.17, 15) is 11.8 Å². The minimum atomic E-state index is 0.413. The van der Waals surface area contributed by atoms with Crippen molar-refractivity contribution >= 4 is 112 Å². The standard InChI is InChI=1S/C68H38N4S2/c1-70-62-60(43-22-10-4-11-23-43)55(40-69)63(61(44-24-12-5-13-25-44)66(62)71-56-28-16-14-26-47(56)48-32-30-46(39-57(48)71)42-20-8-3-9-21-42)72-64-50(33-35-52-49-27-15-17-29-58(49)73-67(52)64)51-34-36-53-54-38-45(41-18-6-2-7-19-41)31-37-59(54)74-68(53)65(51)72/h2-39H. The minimum absolute atomic E-state index is 0.413. The van der Waals surface area contributed by atoms with Gasteiger partial charge in [-0.05, 0) is 63.7 Å². The molecule has 0 saturated heterocycles. The summed E-state index contributed by atoms with van der Waals surface area (Å²) in [4.78, 5) is 4.60. The van der Waals surface area contributed by atoms with Crippen molar-refractivity contribution in [2.45, 2.75) is 0 Å². The van der Waals surface area contributed by atoms with Crippen LogP contribution in [0.2, 0.25) is 0 Å². The van der Waals surface area contributed by atoms with E-state index in [1.165, 1.54) is 31.1 Å². The molecular weight excluding hydrogens is 937 g/mol. The Morgan fingerprint density at radius 2 is 0.838 bits per heavy atom. The van der Waals surface area contributed by atoms with Crippen molar-refractivity contribution in [2.75, 3.05) is 0 Å². The van der Waals surface area contributed by atoms with E-state index in [-0.39, 0.29) is 0 Å². The topological polar surface area (TPSA) is 38.0 Å². The van der Waals surface area contributed by atoms with E-state index < -0.39 is 0 Å². The van der Waals surface area contributed by atoms with Gasteiger partial charge in [-0.25, -0.2) is 4.85 Å². The Morgan fingerprint density at radius 1 is 0.365 bits per heavy atom. The van der Waals surface area contributed by atoms with E-state index in [1.54, 1.807) is 22.7 Å². The maximum absolute atomic E-state index is 12.2. The largest absolute Gasteiger partial charge is 0.318 e. The monoisotopic (exact) mass is 974 g/mol. The van der Waals surface area contributed by atoms with Crippen molar-refractivity contribution in [1.29, 1.82) is 5.26 Å². The zero-order chi connectivity index (χ0) is 49.0. The van der Waals surface area contributed by atoms with Crippen LogP contribution in [0.1, 0.15) is 5.56 Å². The molecule has 0 fully saturated rings. The molecule has 342 valence electrons. The van der Waals surface area contributed by atoms with Crippen molar-refractivity contribution < 1.29 is 0 Å². The van der Waals surface area contributed by atoms with Gasteiger partial charge in [-0.3, -0.25) is 0 Å². The molecule has 0 atom stereocenters. The fourth-order valence-electron chi connectivity index (χ4n) is 11.8. The van der Waals surface area contributed by atoms with Crippen LogP contribution in [0.25, 0.3) is 145 Å². The second-order valence-corrected chi connectivity index (χ2v) is 21.0. The zero-order valence-electron chi connectivity index (χ0n) is 39.5. The smallest absolute Gasteiger partial charge is 0.220 e. The molecule has 0 amide bonds. The summed E-state index contributed by atoms with van der Waals surface area (Å²) in [6.45, 7) is 9.43. The van der Waals surface area contributed by atoms with Gasteiger partial charge in [-0.2, -0.15) is 5.26 Å². The van der Waals surface area contributed by atoms with E-state index in [4.69, 9.17) is 0 Å². The van der Waals surface area contributed by atoms with Crippen LogP contribution >= 0.6 is 22.7 Å². The first kappa shape index (κ1) is 42.2. The average Bonchev–Trinajstić information content (AvgIpc) is 4.31. The lowest BCUT2D eigenvalue weighted by molar-refractivity contribution is 1.14. The highest BCUT2D eigenvalue weighted by Crippen LogP contribution is 2.55. The molecule has 0 aliphatic heterocycles. The molecule has 0 aliphatic carbocycles. The second kappa shape index (κ2) is 16.5. The predicted octanol–water partition coefficient (Wildman–Crippen LogP) is 19.7. The minimum Gasteiger partial charge on any atom is -0.318 e. The van der Waals surface area contributed by atoms with Crippen LogP contribution in [0.3, 0.4) is 0 Å². The number of nitrogens with zero attached hydrogens (tertiary/aromatic N) is 4. The maximum atomic E-state index is 12.2. The van der Waals surface area contributed by atoms with E-state index in [0.717, 1.165) is 103 Å². The first-order valence-electron chi connectivity index (χ1n) is 24.7. The molecule has 15 rings (SSSR count). The van der Waals surface area contributed by atoms with Crippen molar-refractivity contribution in [2.24, 2.45) is 0 Å². The summed E-state index contributed by atoms with van der Waals surface area (Å²) < 4.78 is 9.44. The Kier molecular flexibility index (Phi) is 9.40. The summed E-state index contributed by atoms with van der Waals surface area (Å²) in [5.74, 6) is 0. The number of thiophene rings is 2. The summed E-state index contributed by atoms with van der Waals surface area (Å²) in [5, 5.41) is 21.3. The Morgan fingerprint density at radius 3 is 1.46 bits per heavy atom. The summed E-state index contributed by atoms with van der Waals surface area (Å²) in [7, 11) is 0. The van der Waals surface area contributed by atoms with Crippen LogP contribution in [0, 0.1) is 17.9 Å². The third-order valence-electron chi connectivity index (χ3n) is 15.0. The maximum Gasteiger partial charge on any atom is 0.220 e. The molecule has 4 heterocycles. The van der Waals surface area contributed by atoms with Gasteiger partial charge in [0, 0.05) is 63.6 Å². The van der Waals surface area contributed by atoms with Crippen LogP contribution in [0.15, 0.2) is 231 Å². The first-order valence-corrected chi connectivity index (χ1v) is 26.3. The Labute approximate surface area is 433 Å². The Hall–Kier alpha value is -9.56. The molecule has 74 heavy (non-hydrogen) atoms. The zero-order valence-corrected chi connectivity index (χ0v) is 41.2. The Bertz CT molecular complexity index is 4890. The molecule has 0 aliphatic rings. The van der Waals surface area contributed by atoms with E-state index >= 15 is 0 Å². The van der Waals surface area contributed by atoms with Gasteiger partial charge < -0.3 is 9.13 Å². The molecule has 0 bridgehead atoms. The van der Waals surface area contributed by atoms with Gasteiger partial charge in [0.05, 0.1) is 55.0 Å². The molecule has 6 heteroatoms. The van der Waals surface area contributed by atoms with Crippen molar-refractivity contribution in [3.05, 3.63) is 248 Å². The van der Waals surface area contributed by atoms with Gasteiger partial charge in [0.25, 0.3) is 0 Å². The lowest BCUT2D eigenvalue weighted by atomic mass is 9.88. The Balaban J connectivity index is 1.21.